The number of ether oxygens (including phenoxy) is 1. The van der Waals surface area contributed by atoms with Crippen LogP contribution in [-0.4, -0.2) is 47.5 Å². The first kappa shape index (κ1) is 14.2. The lowest BCUT2D eigenvalue weighted by atomic mass is 10.1. The number of nitrogens with zero attached hydrogens (tertiary/aromatic N) is 3. The largest absolute Gasteiger partial charge is 0.394 e. The van der Waals surface area contributed by atoms with E-state index in [2.05, 4.69) is 27.9 Å². The second-order valence-electron chi connectivity index (χ2n) is 4.90. The lowest BCUT2D eigenvalue weighted by molar-refractivity contribution is 0.0158. The van der Waals surface area contributed by atoms with Crippen LogP contribution < -0.4 is 4.90 Å². The molecule has 0 aromatic carbocycles. The first-order valence-corrected chi connectivity index (χ1v) is 7.05. The van der Waals surface area contributed by atoms with Gasteiger partial charge in [0.15, 0.2) is 0 Å². The van der Waals surface area contributed by atoms with Crippen LogP contribution in [0.25, 0.3) is 0 Å². The minimum atomic E-state index is 0.102. The summed E-state index contributed by atoms with van der Waals surface area (Å²) in [6.45, 7) is 6.51. The summed E-state index contributed by atoms with van der Waals surface area (Å²) in [4.78, 5) is 11.2. The van der Waals surface area contributed by atoms with Gasteiger partial charge in [-0.15, -0.1) is 0 Å². The number of aromatic nitrogens is 2. The number of hydrogen-bond acceptors (Lipinski definition) is 5. The molecule has 106 valence electrons. The number of piperidine rings is 1. The Balaban J connectivity index is 1.95. The van der Waals surface area contributed by atoms with E-state index in [1.165, 1.54) is 0 Å². The summed E-state index contributed by atoms with van der Waals surface area (Å²) in [7, 11) is 0. The minimum Gasteiger partial charge on any atom is -0.394 e. The maximum Gasteiger partial charge on any atom is 0.132 e. The van der Waals surface area contributed by atoms with Gasteiger partial charge in [-0.1, -0.05) is 6.92 Å². The van der Waals surface area contributed by atoms with Crippen molar-refractivity contribution in [2.45, 2.75) is 39.2 Å². The standard InChI is InChI=1S/C14H23N3O2/c1-3-12-10-14(16-11(2)15-12)17-6-4-13(5-7-17)19-9-8-18/h10,13,18H,3-9H2,1-2H3. The van der Waals surface area contributed by atoms with Crippen molar-refractivity contribution in [3.05, 3.63) is 17.6 Å². The molecule has 1 aromatic rings. The van der Waals surface area contributed by atoms with Crippen LogP contribution in [0.3, 0.4) is 0 Å². The van der Waals surface area contributed by atoms with Gasteiger partial charge in [0.25, 0.3) is 0 Å². The summed E-state index contributed by atoms with van der Waals surface area (Å²) in [5, 5.41) is 8.76. The SMILES string of the molecule is CCc1cc(N2CCC(OCCO)CC2)nc(C)n1. The predicted molar refractivity (Wildman–Crippen MR) is 74.4 cm³/mol. The fraction of sp³-hybridized carbons (Fsp3) is 0.714. The highest BCUT2D eigenvalue weighted by Crippen LogP contribution is 2.20. The second kappa shape index (κ2) is 6.82. The van der Waals surface area contributed by atoms with E-state index >= 15 is 0 Å². The highest BCUT2D eigenvalue weighted by molar-refractivity contribution is 5.40. The molecule has 0 radical (unpaired) electrons. The molecule has 0 atom stereocenters. The van der Waals surface area contributed by atoms with E-state index in [9.17, 15) is 0 Å². The number of aliphatic hydroxyl groups excluding tert-OH is 1. The third-order valence-corrected chi connectivity index (χ3v) is 3.45. The van der Waals surface area contributed by atoms with Crippen molar-refractivity contribution < 1.29 is 9.84 Å². The van der Waals surface area contributed by atoms with Gasteiger partial charge in [0.2, 0.25) is 0 Å². The lowest BCUT2D eigenvalue weighted by Gasteiger charge is -2.32. The summed E-state index contributed by atoms with van der Waals surface area (Å²) >= 11 is 0. The fourth-order valence-electron chi connectivity index (χ4n) is 2.43. The summed E-state index contributed by atoms with van der Waals surface area (Å²) in [6, 6.07) is 2.09. The quantitative estimate of drug-likeness (QED) is 0.870. The molecule has 0 unspecified atom stereocenters. The molecule has 0 bridgehead atoms. The number of aliphatic hydroxyl groups is 1. The van der Waals surface area contributed by atoms with E-state index in [4.69, 9.17) is 9.84 Å². The molecule has 0 saturated carbocycles. The maximum absolute atomic E-state index is 8.76. The lowest BCUT2D eigenvalue weighted by Crippen LogP contribution is -2.38. The van der Waals surface area contributed by atoms with Crippen LogP contribution >= 0.6 is 0 Å². The average molecular weight is 265 g/mol. The van der Waals surface area contributed by atoms with Crippen molar-refractivity contribution >= 4 is 5.82 Å². The highest BCUT2D eigenvalue weighted by atomic mass is 16.5. The monoisotopic (exact) mass is 265 g/mol. The second-order valence-corrected chi connectivity index (χ2v) is 4.90. The van der Waals surface area contributed by atoms with Crippen LogP contribution in [0.4, 0.5) is 5.82 Å². The molecule has 1 aliphatic rings. The molecule has 1 N–H and O–H groups in total. The molecule has 0 aliphatic carbocycles. The summed E-state index contributed by atoms with van der Waals surface area (Å²) in [6.07, 6.45) is 3.19. The topological polar surface area (TPSA) is 58.5 Å². The normalized spacial score (nSPS) is 16.9. The molecule has 0 spiro atoms. The molecule has 0 amide bonds. The Labute approximate surface area is 114 Å². The maximum atomic E-state index is 8.76. The van der Waals surface area contributed by atoms with E-state index in [0.717, 1.165) is 49.7 Å². The Morgan fingerprint density at radius 3 is 2.74 bits per heavy atom. The molecule has 2 heterocycles. The van der Waals surface area contributed by atoms with E-state index in [-0.39, 0.29) is 12.7 Å². The molecule has 5 nitrogen and oxygen atoms in total. The zero-order valence-electron chi connectivity index (χ0n) is 11.8. The van der Waals surface area contributed by atoms with Crippen LogP contribution in [0, 0.1) is 6.92 Å². The number of anilines is 1. The van der Waals surface area contributed by atoms with Gasteiger partial charge in [0.1, 0.15) is 11.6 Å². The molecule has 19 heavy (non-hydrogen) atoms. The Morgan fingerprint density at radius 1 is 1.37 bits per heavy atom. The highest BCUT2D eigenvalue weighted by Gasteiger charge is 2.21. The van der Waals surface area contributed by atoms with Gasteiger partial charge in [0, 0.05) is 24.8 Å². The van der Waals surface area contributed by atoms with E-state index in [0.29, 0.717) is 6.61 Å². The number of rotatable bonds is 5. The smallest absolute Gasteiger partial charge is 0.132 e. The van der Waals surface area contributed by atoms with Gasteiger partial charge in [0.05, 0.1) is 19.3 Å². The molecular formula is C14H23N3O2. The fourth-order valence-corrected chi connectivity index (χ4v) is 2.43. The Bertz CT molecular complexity index is 404. The first-order valence-electron chi connectivity index (χ1n) is 7.05. The van der Waals surface area contributed by atoms with Crippen LogP contribution in [-0.2, 0) is 11.2 Å². The van der Waals surface area contributed by atoms with Crippen molar-refractivity contribution in [3.8, 4) is 0 Å². The van der Waals surface area contributed by atoms with Gasteiger partial charge < -0.3 is 14.7 Å². The van der Waals surface area contributed by atoms with Crippen LogP contribution in [0.1, 0.15) is 31.3 Å². The number of aryl methyl sites for hydroxylation is 2. The number of hydrogen-bond donors (Lipinski definition) is 1. The van der Waals surface area contributed by atoms with Gasteiger partial charge in [-0.25, -0.2) is 9.97 Å². The van der Waals surface area contributed by atoms with Crippen molar-refractivity contribution in [1.29, 1.82) is 0 Å². The Kier molecular flexibility index (Phi) is 5.10. The Hall–Kier alpha value is -1.20. The predicted octanol–water partition coefficient (Wildman–Crippen LogP) is 1.33. The molecular weight excluding hydrogens is 242 g/mol. The van der Waals surface area contributed by atoms with Crippen LogP contribution in [0.15, 0.2) is 6.07 Å². The molecule has 1 fully saturated rings. The summed E-state index contributed by atoms with van der Waals surface area (Å²) < 4.78 is 5.58. The summed E-state index contributed by atoms with van der Waals surface area (Å²) in [5.41, 5.74) is 1.10. The van der Waals surface area contributed by atoms with Crippen LogP contribution in [0.2, 0.25) is 0 Å². The van der Waals surface area contributed by atoms with Crippen LogP contribution in [0.5, 0.6) is 0 Å². The van der Waals surface area contributed by atoms with Crippen molar-refractivity contribution in [2.75, 3.05) is 31.2 Å². The molecule has 1 aliphatic heterocycles. The zero-order valence-corrected chi connectivity index (χ0v) is 11.8. The van der Waals surface area contributed by atoms with Crippen molar-refractivity contribution in [3.63, 3.8) is 0 Å². The van der Waals surface area contributed by atoms with Gasteiger partial charge >= 0.3 is 0 Å². The van der Waals surface area contributed by atoms with Gasteiger partial charge in [-0.3, -0.25) is 0 Å². The first-order chi connectivity index (χ1) is 9.22. The van der Waals surface area contributed by atoms with E-state index < -0.39 is 0 Å². The summed E-state index contributed by atoms with van der Waals surface area (Å²) in [5.74, 6) is 1.87. The molecule has 1 aromatic heterocycles. The van der Waals surface area contributed by atoms with E-state index in [1.807, 2.05) is 6.92 Å². The van der Waals surface area contributed by atoms with Gasteiger partial charge in [-0.05, 0) is 26.2 Å². The van der Waals surface area contributed by atoms with Gasteiger partial charge in [-0.2, -0.15) is 0 Å². The third-order valence-electron chi connectivity index (χ3n) is 3.45. The molecule has 1 saturated heterocycles. The minimum absolute atomic E-state index is 0.102. The molecule has 2 rings (SSSR count). The Morgan fingerprint density at radius 2 is 2.11 bits per heavy atom. The van der Waals surface area contributed by atoms with Crippen molar-refractivity contribution in [1.82, 2.24) is 9.97 Å². The zero-order chi connectivity index (χ0) is 13.7. The third kappa shape index (κ3) is 3.88. The van der Waals surface area contributed by atoms with E-state index in [1.54, 1.807) is 0 Å². The molecule has 5 heteroatoms. The van der Waals surface area contributed by atoms with Crippen molar-refractivity contribution in [2.24, 2.45) is 0 Å². The average Bonchev–Trinajstić information content (AvgIpc) is 2.45.